The summed E-state index contributed by atoms with van der Waals surface area (Å²) < 4.78 is 0. The van der Waals surface area contributed by atoms with Gasteiger partial charge in [-0.1, -0.05) is 35.9 Å². The lowest BCUT2D eigenvalue weighted by atomic mass is 10.1. The van der Waals surface area contributed by atoms with Crippen molar-refractivity contribution in [3.63, 3.8) is 0 Å². The van der Waals surface area contributed by atoms with E-state index < -0.39 is 0 Å². The summed E-state index contributed by atoms with van der Waals surface area (Å²) in [6.45, 7) is 3.05. The van der Waals surface area contributed by atoms with Crippen LogP contribution in [0.5, 0.6) is 0 Å². The number of pyridine rings is 1. The van der Waals surface area contributed by atoms with Crippen molar-refractivity contribution >= 4 is 11.9 Å². The minimum absolute atomic E-state index is 0.246. The normalized spacial score (nSPS) is 10.3. The summed E-state index contributed by atoms with van der Waals surface area (Å²) in [5.74, 6) is 0.180. The molecule has 6 heteroatoms. The first-order valence-corrected chi connectivity index (χ1v) is 8.00. The van der Waals surface area contributed by atoms with Crippen molar-refractivity contribution in [3.05, 3.63) is 83.4 Å². The average molecular weight is 333 g/mol. The number of hydrogen-bond donors (Lipinski definition) is 2. The highest BCUT2D eigenvalue weighted by Gasteiger charge is 2.08. The van der Waals surface area contributed by atoms with Gasteiger partial charge in [-0.3, -0.25) is 9.78 Å². The molecule has 2 N–H and O–H groups in total. The fourth-order valence-corrected chi connectivity index (χ4v) is 2.23. The maximum Gasteiger partial charge on any atom is 0.270 e. The number of rotatable bonds is 6. The predicted octanol–water partition coefficient (Wildman–Crippen LogP) is 2.72. The van der Waals surface area contributed by atoms with Gasteiger partial charge in [0.05, 0.1) is 0 Å². The number of hydrogen-bond acceptors (Lipinski definition) is 5. The van der Waals surface area contributed by atoms with Crippen LogP contribution in [0.1, 0.15) is 27.2 Å². The minimum atomic E-state index is -0.246. The second-order valence-corrected chi connectivity index (χ2v) is 5.65. The molecule has 3 rings (SSSR count). The third-order valence-electron chi connectivity index (χ3n) is 3.64. The van der Waals surface area contributed by atoms with Gasteiger partial charge >= 0.3 is 0 Å². The quantitative estimate of drug-likeness (QED) is 0.725. The Kier molecular flexibility index (Phi) is 5.31. The predicted molar refractivity (Wildman–Crippen MR) is 95.9 cm³/mol. The van der Waals surface area contributed by atoms with Gasteiger partial charge in [-0.15, -0.1) is 0 Å². The maximum absolute atomic E-state index is 12.2. The minimum Gasteiger partial charge on any atom is -0.350 e. The van der Waals surface area contributed by atoms with E-state index in [9.17, 15) is 4.79 Å². The number of benzene rings is 1. The molecule has 0 aliphatic rings. The van der Waals surface area contributed by atoms with E-state index in [-0.39, 0.29) is 5.91 Å². The Morgan fingerprint density at radius 2 is 1.84 bits per heavy atom. The third kappa shape index (κ3) is 4.84. The molecule has 0 atom stereocenters. The van der Waals surface area contributed by atoms with Crippen molar-refractivity contribution in [1.82, 2.24) is 20.3 Å². The van der Waals surface area contributed by atoms with Gasteiger partial charge in [-0.2, -0.15) is 0 Å². The summed E-state index contributed by atoms with van der Waals surface area (Å²) in [6, 6.07) is 13.5. The van der Waals surface area contributed by atoms with Crippen LogP contribution in [0.25, 0.3) is 0 Å². The summed E-state index contributed by atoms with van der Waals surface area (Å²) in [5, 5.41) is 5.96. The maximum atomic E-state index is 12.2. The van der Waals surface area contributed by atoms with E-state index in [1.54, 1.807) is 24.7 Å². The van der Waals surface area contributed by atoms with E-state index in [0.29, 0.717) is 24.7 Å². The molecular formula is C19H19N5O. The molecule has 0 radical (unpaired) electrons. The molecule has 3 aromatic rings. The summed E-state index contributed by atoms with van der Waals surface area (Å²) in [5.41, 5.74) is 3.60. The van der Waals surface area contributed by atoms with Crippen LogP contribution in [0.2, 0.25) is 0 Å². The largest absolute Gasteiger partial charge is 0.350 e. The molecule has 1 amide bonds. The van der Waals surface area contributed by atoms with Gasteiger partial charge in [0, 0.05) is 31.7 Å². The van der Waals surface area contributed by atoms with Crippen LogP contribution in [0.4, 0.5) is 5.95 Å². The summed E-state index contributed by atoms with van der Waals surface area (Å²) >= 11 is 0. The van der Waals surface area contributed by atoms with Crippen LogP contribution in [-0.2, 0) is 13.1 Å². The zero-order chi connectivity index (χ0) is 17.5. The number of carbonyl (C=O) groups is 1. The van der Waals surface area contributed by atoms with Crippen molar-refractivity contribution in [1.29, 1.82) is 0 Å². The van der Waals surface area contributed by atoms with E-state index in [2.05, 4.69) is 37.7 Å². The molecule has 2 aromatic heterocycles. The van der Waals surface area contributed by atoms with Gasteiger partial charge in [0.25, 0.3) is 5.91 Å². The Bertz CT molecular complexity index is 834. The molecule has 0 spiro atoms. The first kappa shape index (κ1) is 16.6. The number of aryl methyl sites for hydroxylation is 1. The zero-order valence-corrected chi connectivity index (χ0v) is 13.9. The second kappa shape index (κ2) is 8.01. The molecule has 0 saturated heterocycles. The highest BCUT2D eigenvalue weighted by atomic mass is 16.1. The van der Waals surface area contributed by atoms with Crippen LogP contribution in [0.3, 0.4) is 0 Å². The fourth-order valence-electron chi connectivity index (χ4n) is 2.23. The van der Waals surface area contributed by atoms with Crippen LogP contribution >= 0.6 is 0 Å². The first-order valence-electron chi connectivity index (χ1n) is 8.00. The second-order valence-electron chi connectivity index (χ2n) is 5.65. The van der Waals surface area contributed by atoms with E-state index >= 15 is 0 Å². The van der Waals surface area contributed by atoms with Crippen LogP contribution in [0, 0.1) is 6.92 Å². The molecule has 0 saturated carbocycles. The van der Waals surface area contributed by atoms with Crippen molar-refractivity contribution in [2.75, 3.05) is 5.32 Å². The lowest BCUT2D eigenvalue weighted by Crippen LogP contribution is -2.24. The fraction of sp³-hybridized carbons (Fsp3) is 0.158. The van der Waals surface area contributed by atoms with Crippen LogP contribution < -0.4 is 10.6 Å². The molecule has 0 unspecified atom stereocenters. The van der Waals surface area contributed by atoms with Gasteiger partial charge in [-0.25, -0.2) is 9.97 Å². The van der Waals surface area contributed by atoms with Crippen molar-refractivity contribution < 1.29 is 4.79 Å². The smallest absolute Gasteiger partial charge is 0.270 e. The molecule has 0 aliphatic carbocycles. The molecule has 2 heterocycles. The summed E-state index contributed by atoms with van der Waals surface area (Å²) in [4.78, 5) is 24.7. The highest BCUT2D eigenvalue weighted by molar-refractivity contribution is 5.92. The average Bonchev–Trinajstić information content (AvgIpc) is 2.67. The lowest BCUT2D eigenvalue weighted by Gasteiger charge is -2.08. The van der Waals surface area contributed by atoms with Gasteiger partial charge in [0.15, 0.2) is 0 Å². The van der Waals surface area contributed by atoms with Gasteiger partial charge in [0.1, 0.15) is 5.69 Å². The summed E-state index contributed by atoms with van der Waals surface area (Å²) in [6.07, 6.45) is 4.99. The Morgan fingerprint density at radius 3 is 2.60 bits per heavy atom. The number of nitrogens with one attached hydrogen (secondary N) is 2. The number of amides is 1. The molecule has 1 aromatic carbocycles. The Labute approximate surface area is 146 Å². The molecule has 0 fully saturated rings. The van der Waals surface area contributed by atoms with Gasteiger partial charge in [0.2, 0.25) is 5.95 Å². The topological polar surface area (TPSA) is 79.8 Å². The number of anilines is 1. The van der Waals surface area contributed by atoms with Crippen LogP contribution in [-0.4, -0.2) is 20.9 Å². The number of nitrogens with zero attached hydrogens (tertiary/aromatic N) is 3. The molecule has 126 valence electrons. The monoisotopic (exact) mass is 333 g/mol. The van der Waals surface area contributed by atoms with Gasteiger partial charge < -0.3 is 10.6 Å². The van der Waals surface area contributed by atoms with Crippen molar-refractivity contribution in [2.45, 2.75) is 20.0 Å². The van der Waals surface area contributed by atoms with Crippen molar-refractivity contribution in [3.8, 4) is 0 Å². The van der Waals surface area contributed by atoms with Gasteiger partial charge in [-0.05, 0) is 30.2 Å². The molecule has 25 heavy (non-hydrogen) atoms. The lowest BCUT2D eigenvalue weighted by molar-refractivity contribution is 0.0946. The van der Waals surface area contributed by atoms with Crippen LogP contribution in [0.15, 0.2) is 61.1 Å². The zero-order valence-electron chi connectivity index (χ0n) is 13.9. The van der Waals surface area contributed by atoms with Crippen molar-refractivity contribution in [2.24, 2.45) is 0 Å². The Morgan fingerprint density at radius 1 is 1.00 bits per heavy atom. The Balaban J connectivity index is 1.58. The standard InChI is InChI=1S/C19H19N5O/c1-14-4-6-15(7-5-14)12-23-19-21-10-8-17(24-19)18(25)22-13-16-3-2-9-20-11-16/h2-11H,12-13H2,1H3,(H,22,25)(H,21,23,24). The molecule has 0 bridgehead atoms. The van der Waals surface area contributed by atoms with E-state index in [4.69, 9.17) is 0 Å². The Hall–Kier alpha value is -3.28. The number of carbonyl (C=O) groups excluding carboxylic acids is 1. The van der Waals surface area contributed by atoms with E-state index in [1.807, 2.05) is 31.2 Å². The van der Waals surface area contributed by atoms with E-state index in [1.165, 1.54) is 5.56 Å². The SMILES string of the molecule is Cc1ccc(CNc2nccc(C(=O)NCc3cccnc3)n2)cc1. The molecular weight excluding hydrogens is 314 g/mol. The van der Waals surface area contributed by atoms with E-state index in [0.717, 1.165) is 11.1 Å². The first-order chi connectivity index (χ1) is 12.2. The highest BCUT2D eigenvalue weighted by Crippen LogP contribution is 2.07. The number of aromatic nitrogens is 3. The summed E-state index contributed by atoms with van der Waals surface area (Å²) in [7, 11) is 0. The third-order valence-corrected chi connectivity index (χ3v) is 3.64. The molecule has 6 nitrogen and oxygen atoms in total. The molecule has 0 aliphatic heterocycles.